The van der Waals surface area contributed by atoms with Crippen molar-refractivity contribution < 1.29 is 28.5 Å². The molecule has 1 heterocycles. The molecule has 2 aromatic carbocycles. The molecule has 8 heteroatoms. The Morgan fingerprint density at radius 2 is 1.71 bits per heavy atom. The van der Waals surface area contributed by atoms with E-state index in [0.717, 1.165) is 24.2 Å². The van der Waals surface area contributed by atoms with Crippen molar-refractivity contribution in [1.82, 2.24) is 10.2 Å². The Labute approximate surface area is 201 Å². The Hall–Kier alpha value is -3.23. The van der Waals surface area contributed by atoms with Crippen LogP contribution in [0.1, 0.15) is 34.5 Å². The Morgan fingerprint density at radius 3 is 2.32 bits per heavy atom. The summed E-state index contributed by atoms with van der Waals surface area (Å²) < 4.78 is 27.4. The summed E-state index contributed by atoms with van der Waals surface area (Å²) in [5.41, 5.74) is 2.31. The zero-order chi connectivity index (χ0) is 24.5. The standard InChI is InChI=1S/C26H34N2O6/c1-6-7-19-14-20(16-24(32-4)25(19)33-5)26(29)27-17-21(28-10-12-34-13-11-28)18-8-9-22(30-2)23(15-18)31-3/h6-9,14-16,21H,10-13,17H2,1-5H3,(H,27,29)/b7-6+. The lowest BCUT2D eigenvalue weighted by Gasteiger charge is -2.35. The van der Waals surface area contributed by atoms with Crippen molar-refractivity contribution in [3.8, 4) is 23.0 Å². The summed E-state index contributed by atoms with van der Waals surface area (Å²) in [6.07, 6.45) is 3.78. The number of ether oxygens (including phenoxy) is 5. The summed E-state index contributed by atoms with van der Waals surface area (Å²) in [5, 5.41) is 3.11. The fourth-order valence-corrected chi connectivity index (χ4v) is 4.13. The zero-order valence-corrected chi connectivity index (χ0v) is 20.6. The molecular weight excluding hydrogens is 436 g/mol. The first-order chi connectivity index (χ1) is 16.6. The largest absolute Gasteiger partial charge is 0.493 e. The average Bonchev–Trinajstić information content (AvgIpc) is 2.88. The van der Waals surface area contributed by atoms with Crippen molar-refractivity contribution in [3.63, 3.8) is 0 Å². The minimum absolute atomic E-state index is 0.0530. The van der Waals surface area contributed by atoms with Crippen LogP contribution in [-0.4, -0.2) is 72.1 Å². The molecule has 1 aliphatic heterocycles. The summed E-state index contributed by atoms with van der Waals surface area (Å²) in [7, 11) is 6.38. The monoisotopic (exact) mass is 470 g/mol. The quantitative estimate of drug-likeness (QED) is 0.569. The third kappa shape index (κ3) is 5.81. The Bertz CT molecular complexity index is 1000. The van der Waals surface area contributed by atoms with Crippen molar-refractivity contribution >= 4 is 12.0 Å². The number of hydrogen-bond acceptors (Lipinski definition) is 7. The maximum atomic E-state index is 13.2. The van der Waals surface area contributed by atoms with Gasteiger partial charge < -0.3 is 29.0 Å². The van der Waals surface area contributed by atoms with Gasteiger partial charge in [-0.2, -0.15) is 0 Å². The van der Waals surface area contributed by atoms with Crippen LogP contribution in [0.25, 0.3) is 6.08 Å². The zero-order valence-electron chi connectivity index (χ0n) is 20.6. The molecule has 0 bridgehead atoms. The van der Waals surface area contributed by atoms with Gasteiger partial charge in [0, 0.05) is 30.8 Å². The van der Waals surface area contributed by atoms with E-state index in [1.807, 2.05) is 37.3 Å². The Morgan fingerprint density at radius 1 is 1.00 bits per heavy atom. The van der Waals surface area contributed by atoms with Gasteiger partial charge >= 0.3 is 0 Å². The number of methoxy groups -OCH3 is 4. The molecule has 0 saturated carbocycles. The van der Waals surface area contributed by atoms with E-state index < -0.39 is 0 Å². The van der Waals surface area contributed by atoms with Gasteiger partial charge in [0.05, 0.1) is 47.7 Å². The van der Waals surface area contributed by atoms with Crippen LogP contribution < -0.4 is 24.3 Å². The van der Waals surface area contributed by atoms with Crippen LogP contribution in [0, 0.1) is 0 Å². The molecule has 0 spiro atoms. The van der Waals surface area contributed by atoms with Crippen molar-refractivity contribution in [3.05, 3.63) is 53.1 Å². The highest BCUT2D eigenvalue weighted by Gasteiger charge is 2.25. The highest BCUT2D eigenvalue weighted by atomic mass is 16.5. The number of carbonyl (C=O) groups excluding carboxylic acids is 1. The maximum Gasteiger partial charge on any atom is 0.251 e. The van der Waals surface area contributed by atoms with Crippen LogP contribution in [0.2, 0.25) is 0 Å². The predicted molar refractivity (Wildman–Crippen MR) is 131 cm³/mol. The number of benzene rings is 2. The van der Waals surface area contributed by atoms with Gasteiger partial charge in [0.2, 0.25) is 0 Å². The van der Waals surface area contributed by atoms with Gasteiger partial charge in [-0.1, -0.05) is 18.2 Å². The van der Waals surface area contributed by atoms with Gasteiger partial charge in [-0.15, -0.1) is 0 Å². The minimum Gasteiger partial charge on any atom is -0.493 e. The number of nitrogens with one attached hydrogen (secondary N) is 1. The first-order valence-electron chi connectivity index (χ1n) is 11.3. The van der Waals surface area contributed by atoms with E-state index in [2.05, 4.69) is 10.2 Å². The molecule has 34 heavy (non-hydrogen) atoms. The van der Waals surface area contributed by atoms with Crippen LogP contribution >= 0.6 is 0 Å². The van der Waals surface area contributed by atoms with Crippen LogP contribution in [-0.2, 0) is 4.74 Å². The summed E-state index contributed by atoms with van der Waals surface area (Å²) in [6, 6.07) is 9.31. The number of rotatable bonds is 10. The third-order valence-corrected chi connectivity index (χ3v) is 5.85. The van der Waals surface area contributed by atoms with Crippen LogP contribution in [0.15, 0.2) is 36.4 Å². The number of nitrogens with zero attached hydrogens (tertiary/aromatic N) is 1. The molecule has 1 saturated heterocycles. The SMILES string of the molecule is C/C=C/c1cc(C(=O)NCC(c2ccc(OC)c(OC)c2)N2CCOCC2)cc(OC)c1OC. The van der Waals surface area contributed by atoms with Crippen LogP contribution in [0.4, 0.5) is 0 Å². The molecule has 0 aliphatic carbocycles. The molecular formula is C26H34N2O6. The predicted octanol–water partition coefficient (Wildman–Crippen LogP) is 3.56. The smallest absolute Gasteiger partial charge is 0.251 e. The van der Waals surface area contributed by atoms with E-state index in [-0.39, 0.29) is 11.9 Å². The second-order valence-corrected chi connectivity index (χ2v) is 7.79. The lowest BCUT2D eigenvalue weighted by Crippen LogP contribution is -2.43. The van der Waals surface area contributed by atoms with E-state index in [0.29, 0.717) is 48.3 Å². The molecule has 1 amide bonds. The first kappa shape index (κ1) is 25.4. The van der Waals surface area contributed by atoms with Gasteiger partial charge in [0.25, 0.3) is 5.91 Å². The molecule has 1 unspecified atom stereocenters. The minimum atomic E-state index is -0.189. The number of amides is 1. The molecule has 0 aromatic heterocycles. The van der Waals surface area contributed by atoms with Crippen molar-refractivity contribution in [1.29, 1.82) is 0 Å². The van der Waals surface area contributed by atoms with Gasteiger partial charge in [-0.3, -0.25) is 9.69 Å². The van der Waals surface area contributed by atoms with Gasteiger partial charge in [-0.25, -0.2) is 0 Å². The van der Waals surface area contributed by atoms with Gasteiger partial charge in [-0.05, 0) is 36.8 Å². The number of hydrogen-bond donors (Lipinski definition) is 1. The fraction of sp³-hybridized carbons (Fsp3) is 0.423. The van der Waals surface area contributed by atoms with Crippen molar-refractivity contribution in [2.45, 2.75) is 13.0 Å². The van der Waals surface area contributed by atoms with E-state index in [1.54, 1.807) is 40.6 Å². The summed E-state index contributed by atoms with van der Waals surface area (Å²) in [6.45, 7) is 5.18. The lowest BCUT2D eigenvalue weighted by molar-refractivity contribution is 0.0162. The van der Waals surface area contributed by atoms with E-state index in [1.165, 1.54) is 0 Å². The Balaban J connectivity index is 1.87. The van der Waals surface area contributed by atoms with E-state index >= 15 is 0 Å². The molecule has 1 fully saturated rings. The lowest BCUT2D eigenvalue weighted by atomic mass is 10.0. The fourth-order valence-electron chi connectivity index (χ4n) is 4.13. The highest BCUT2D eigenvalue weighted by molar-refractivity contribution is 5.96. The summed E-state index contributed by atoms with van der Waals surface area (Å²) >= 11 is 0. The molecule has 1 aliphatic rings. The highest BCUT2D eigenvalue weighted by Crippen LogP contribution is 2.34. The first-order valence-corrected chi connectivity index (χ1v) is 11.3. The third-order valence-electron chi connectivity index (χ3n) is 5.85. The normalized spacial score (nSPS) is 15.1. The molecule has 3 rings (SSSR count). The topological polar surface area (TPSA) is 78.5 Å². The number of allylic oxidation sites excluding steroid dienone is 1. The Kier molecular flexibility index (Phi) is 9.18. The molecule has 2 aromatic rings. The number of morpholine rings is 1. The van der Waals surface area contributed by atoms with E-state index in [4.69, 9.17) is 23.7 Å². The number of carbonyl (C=O) groups is 1. The second-order valence-electron chi connectivity index (χ2n) is 7.79. The molecule has 0 radical (unpaired) electrons. The van der Waals surface area contributed by atoms with E-state index in [9.17, 15) is 4.79 Å². The van der Waals surface area contributed by atoms with Gasteiger partial charge in [0.15, 0.2) is 23.0 Å². The molecule has 1 N–H and O–H groups in total. The summed E-state index contributed by atoms with van der Waals surface area (Å²) in [4.78, 5) is 15.5. The van der Waals surface area contributed by atoms with Crippen LogP contribution in [0.3, 0.4) is 0 Å². The second kappa shape index (κ2) is 12.3. The van der Waals surface area contributed by atoms with Crippen molar-refractivity contribution in [2.24, 2.45) is 0 Å². The summed E-state index contributed by atoms with van der Waals surface area (Å²) in [5.74, 6) is 2.23. The van der Waals surface area contributed by atoms with Crippen LogP contribution in [0.5, 0.6) is 23.0 Å². The average molecular weight is 471 g/mol. The maximum absolute atomic E-state index is 13.2. The molecule has 8 nitrogen and oxygen atoms in total. The van der Waals surface area contributed by atoms with Crippen molar-refractivity contribution in [2.75, 3.05) is 61.3 Å². The van der Waals surface area contributed by atoms with Gasteiger partial charge in [0.1, 0.15) is 0 Å². The molecule has 1 atom stereocenters. The molecule has 184 valence electrons.